The van der Waals surface area contributed by atoms with Crippen LogP contribution in [0.1, 0.15) is 38.2 Å². The molecule has 0 spiro atoms. The van der Waals surface area contributed by atoms with Gasteiger partial charge in [-0.15, -0.1) is 0 Å². The summed E-state index contributed by atoms with van der Waals surface area (Å²) in [6.45, 7) is 5.28. The number of nitrogens with one attached hydrogen (secondary N) is 1. The van der Waals surface area contributed by atoms with Gasteiger partial charge in [0.15, 0.2) is 0 Å². The molecule has 1 saturated heterocycles. The van der Waals surface area contributed by atoms with Crippen molar-refractivity contribution >= 4 is 12.0 Å². The maximum atomic E-state index is 13.3. The predicted molar refractivity (Wildman–Crippen MR) is 97.3 cm³/mol. The molecular formula is C19H28FN3O3. The Balaban J connectivity index is 1.80. The summed E-state index contributed by atoms with van der Waals surface area (Å²) in [5.74, 6) is -1.14. The van der Waals surface area contributed by atoms with Crippen LogP contribution in [0, 0.1) is 5.82 Å². The molecule has 1 aliphatic heterocycles. The first-order valence-electron chi connectivity index (χ1n) is 9.22. The van der Waals surface area contributed by atoms with Crippen molar-refractivity contribution in [1.82, 2.24) is 15.1 Å². The highest BCUT2D eigenvalue weighted by atomic mass is 19.1. The molecule has 0 aliphatic carbocycles. The molecule has 2 amide bonds. The number of rotatable bonds is 8. The van der Waals surface area contributed by atoms with Crippen LogP contribution in [0.25, 0.3) is 0 Å². The van der Waals surface area contributed by atoms with Crippen molar-refractivity contribution in [2.45, 2.75) is 45.2 Å². The number of nitrogens with zero attached hydrogens (tertiary/aromatic N) is 2. The van der Waals surface area contributed by atoms with Gasteiger partial charge in [0.1, 0.15) is 5.82 Å². The lowest BCUT2D eigenvalue weighted by Crippen LogP contribution is -2.53. The molecular weight excluding hydrogens is 337 g/mol. The number of carbonyl (C=O) groups is 2. The number of carbonyl (C=O) groups excluding carboxylic acids is 1. The maximum absolute atomic E-state index is 13.3. The van der Waals surface area contributed by atoms with Gasteiger partial charge in [-0.2, -0.15) is 0 Å². The molecule has 1 unspecified atom stereocenters. The third-order valence-corrected chi connectivity index (χ3v) is 4.61. The van der Waals surface area contributed by atoms with Crippen LogP contribution in [0.3, 0.4) is 0 Å². The van der Waals surface area contributed by atoms with Crippen molar-refractivity contribution in [3.63, 3.8) is 0 Å². The molecule has 0 bridgehead atoms. The van der Waals surface area contributed by atoms with E-state index in [4.69, 9.17) is 5.11 Å². The quantitative estimate of drug-likeness (QED) is 0.743. The molecule has 1 fully saturated rings. The number of carboxylic acids is 1. The van der Waals surface area contributed by atoms with E-state index < -0.39 is 5.97 Å². The number of hydrogen-bond donors (Lipinski definition) is 2. The second-order valence-corrected chi connectivity index (χ2v) is 6.78. The molecule has 1 heterocycles. The van der Waals surface area contributed by atoms with Gasteiger partial charge in [-0.25, -0.2) is 9.18 Å². The third kappa shape index (κ3) is 6.63. The Kier molecular flexibility index (Phi) is 7.84. The summed E-state index contributed by atoms with van der Waals surface area (Å²) in [4.78, 5) is 27.3. The molecule has 26 heavy (non-hydrogen) atoms. The van der Waals surface area contributed by atoms with Crippen LogP contribution >= 0.6 is 0 Å². The summed E-state index contributed by atoms with van der Waals surface area (Å²) in [6.07, 6.45) is 2.48. The molecule has 2 rings (SSSR count). The lowest BCUT2D eigenvalue weighted by atomic mass is 10.1. The topological polar surface area (TPSA) is 72.9 Å². The summed E-state index contributed by atoms with van der Waals surface area (Å²) in [5.41, 5.74) is 0.920. The van der Waals surface area contributed by atoms with Gasteiger partial charge in [0.05, 0.1) is 6.42 Å². The highest BCUT2D eigenvalue weighted by Gasteiger charge is 2.24. The molecule has 1 atom stereocenters. The van der Waals surface area contributed by atoms with Gasteiger partial charge in [-0.3, -0.25) is 9.69 Å². The normalized spacial score (nSPS) is 16.3. The SMILES string of the molecule is CCCCC(CC(=O)O)NC(=O)N1CCN(Cc2cccc(F)c2)CC1. The summed E-state index contributed by atoms with van der Waals surface area (Å²) in [7, 11) is 0. The number of carboxylic acid groups (broad SMARTS) is 1. The van der Waals surface area contributed by atoms with E-state index in [0.29, 0.717) is 39.1 Å². The Morgan fingerprint density at radius 2 is 2.00 bits per heavy atom. The van der Waals surface area contributed by atoms with E-state index in [0.717, 1.165) is 18.4 Å². The molecule has 1 aliphatic rings. The van der Waals surface area contributed by atoms with Crippen LogP contribution < -0.4 is 5.32 Å². The number of urea groups is 1. The lowest BCUT2D eigenvalue weighted by molar-refractivity contribution is -0.137. The zero-order valence-corrected chi connectivity index (χ0v) is 15.3. The fraction of sp³-hybridized carbons (Fsp3) is 0.579. The van der Waals surface area contributed by atoms with Crippen molar-refractivity contribution in [1.29, 1.82) is 0 Å². The van der Waals surface area contributed by atoms with Crippen LogP contribution in [0.2, 0.25) is 0 Å². The molecule has 6 nitrogen and oxygen atoms in total. The zero-order chi connectivity index (χ0) is 18.9. The molecule has 144 valence electrons. The van der Waals surface area contributed by atoms with Gasteiger partial charge in [-0.1, -0.05) is 31.9 Å². The summed E-state index contributed by atoms with van der Waals surface area (Å²) < 4.78 is 13.3. The second-order valence-electron chi connectivity index (χ2n) is 6.78. The van der Waals surface area contributed by atoms with Crippen molar-refractivity contribution in [2.75, 3.05) is 26.2 Å². The van der Waals surface area contributed by atoms with Crippen LogP contribution in [-0.4, -0.2) is 59.1 Å². The van der Waals surface area contributed by atoms with Crippen molar-refractivity contribution in [3.05, 3.63) is 35.6 Å². The Bertz CT molecular complexity index is 603. The highest BCUT2D eigenvalue weighted by Crippen LogP contribution is 2.11. The third-order valence-electron chi connectivity index (χ3n) is 4.61. The van der Waals surface area contributed by atoms with Gasteiger partial charge < -0.3 is 15.3 Å². The number of piperazine rings is 1. The Morgan fingerprint density at radius 1 is 1.27 bits per heavy atom. The highest BCUT2D eigenvalue weighted by molar-refractivity contribution is 5.76. The van der Waals surface area contributed by atoms with Gasteiger partial charge >= 0.3 is 12.0 Å². The van der Waals surface area contributed by atoms with Crippen molar-refractivity contribution < 1.29 is 19.1 Å². The van der Waals surface area contributed by atoms with E-state index in [1.807, 2.05) is 13.0 Å². The number of aliphatic carboxylic acids is 1. The van der Waals surface area contributed by atoms with E-state index in [2.05, 4.69) is 10.2 Å². The van der Waals surface area contributed by atoms with Crippen LogP contribution in [0.4, 0.5) is 9.18 Å². The smallest absolute Gasteiger partial charge is 0.317 e. The first-order chi connectivity index (χ1) is 12.5. The molecule has 7 heteroatoms. The first kappa shape index (κ1) is 20.2. The zero-order valence-electron chi connectivity index (χ0n) is 15.3. The van der Waals surface area contributed by atoms with Gasteiger partial charge in [0.25, 0.3) is 0 Å². The summed E-state index contributed by atoms with van der Waals surface area (Å²) in [6, 6.07) is 6.03. The predicted octanol–water partition coefficient (Wildman–Crippen LogP) is 2.69. The van der Waals surface area contributed by atoms with Gasteiger partial charge in [0, 0.05) is 38.8 Å². The van der Waals surface area contributed by atoms with Gasteiger partial charge in [-0.05, 0) is 24.1 Å². The monoisotopic (exact) mass is 365 g/mol. The Hall–Kier alpha value is -2.15. The van der Waals surface area contributed by atoms with E-state index in [9.17, 15) is 14.0 Å². The maximum Gasteiger partial charge on any atom is 0.317 e. The standard InChI is InChI=1S/C19H28FN3O3/c1-2-3-7-17(13-18(24)25)21-19(26)23-10-8-22(9-11-23)14-15-5-4-6-16(20)12-15/h4-6,12,17H,2-3,7-11,13-14H2,1H3,(H,21,26)(H,24,25). The lowest BCUT2D eigenvalue weighted by Gasteiger charge is -2.35. The summed E-state index contributed by atoms with van der Waals surface area (Å²) in [5, 5.41) is 11.9. The fourth-order valence-electron chi connectivity index (χ4n) is 3.16. The number of hydrogen-bond acceptors (Lipinski definition) is 3. The summed E-state index contributed by atoms with van der Waals surface area (Å²) >= 11 is 0. The average Bonchev–Trinajstić information content (AvgIpc) is 2.60. The van der Waals surface area contributed by atoms with E-state index in [1.165, 1.54) is 12.1 Å². The number of halogens is 1. The fourth-order valence-corrected chi connectivity index (χ4v) is 3.16. The minimum absolute atomic E-state index is 0.0503. The molecule has 0 saturated carbocycles. The van der Waals surface area contributed by atoms with Crippen LogP contribution in [0.5, 0.6) is 0 Å². The minimum Gasteiger partial charge on any atom is -0.481 e. The Morgan fingerprint density at radius 3 is 2.62 bits per heavy atom. The van der Waals surface area contributed by atoms with Crippen molar-refractivity contribution in [3.8, 4) is 0 Å². The van der Waals surface area contributed by atoms with Crippen LogP contribution in [0.15, 0.2) is 24.3 Å². The molecule has 1 aromatic rings. The van der Waals surface area contributed by atoms with Gasteiger partial charge in [0.2, 0.25) is 0 Å². The van der Waals surface area contributed by atoms with E-state index >= 15 is 0 Å². The van der Waals surface area contributed by atoms with E-state index in [1.54, 1.807) is 11.0 Å². The number of benzene rings is 1. The first-order valence-corrected chi connectivity index (χ1v) is 9.22. The molecule has 0 radical (unpaired) electrons. The molecule has 2 N–H and O–H groups in total. The number of unbranched alkanes of at least 4 members (excludes halogenated alkanes) is 1. The van der Waals surface area contributed by atoms with E-state index in [-0.39, 0.29) is 24.3 Å². The molecule has 1 aromatic carbocycles. The van der Waals surface area contributed by atoms with Crippen molar-refractivity contribution in [2.24, 2.45) is 0 Å². The molecule has 0 aromatic heterocycles. The Labute approximate surface area is 154 Å². The largest absolute Gasteiger partial charge is 0.481 e. The second kappa shape index (κ2) is 10.1. The minimum atomic E-state index is -0.897. The number of amides is 2. The average molecular weight is 365 g/mol. The van der Waals surface area contributed by atoms with Crippen LogP contribution in [-0.2, 0) is 11.3 Å².